The minimum Gasteiger partial charge on any atom is -0.355 e. The van der Waals surface area contributed by atoms with Gasteiger partial charge < -0.3 is 5.32 Å². The first kappa shape index (κ1) is 15.2. The highest BCUT2D eigenvalue weighted by Gasteiger charge is 2.43. The molecule has 2 nitrogen and oxygen atoms in total. The molecule has 2 aliphatic rings. The molecule has 0 radical (unpaired) electrons. The Morgan fingerprint density at radius 3 is 3.05 bits per heavy atom. The number of benzene rings is 1. The molecule has 3 rings (SSSR count). The van der Waals surface area contributed by atoms with Crippen LogP contribution in [0.5, 0.6) is 0 Å². The fraction of sp³-hybridized carbons (Fsp3) is 0.588. The van der Waals surface area contributed by atoms with E-state index in [1.54, 1.807) is 0 Å². The summed E-state index contributed by atoms with van der Waals surface area (Å²) in [6.45, 7) is 0.810. The largest absolute Gasteiger partial charge is 0.355 e. The average molecular weight is 324 g/mol. The number of amides is 1. The number of rotatable bonds is 2. The van der Waals surface area contributed by atoms with Crippen LogP contribution in [0.4, 0.5) is 0 Å². The second kappa shape index (κ2) is 6.62. The van der Waals surface area contributed by atoms with Crippen LogP contribution in [0.2, 0.25) is 5.02 Å². The average Bonchev–Trinajstić information content (AvgIpc) is 2.66. The van der Waals surface area contributed by atoms with E-state index >= 15 is 0 Å². The Hall–Kier alpha value is -0.670. The molecule has 0 bridgehead atoms. The summed E-state index contributed by atoms with van der Waals surface area (Å²) < 4.78 is 0.123. The van der Waals surface area contributed by atoms with Crippen molar-refractivity contribution in [1.82, 2.24) is 5.32 Å². The molecule has 1 N–H and O–H groups in total. The lowest BCUT2D eigenvalue weighted by Gasteiger charge is -2.43. The highest BCUT2D eigenvalue weighted by molar-refractivity contribution is 8.00. The Kier molecular flexibility index (Phi) is 4.80. The molecule has 4 heteroatoms. The summed E-state index contributed by atoms with van der Waals surface area (Å²) in [5, 5.41) is 3.89. The van der Waals surface area contributed by atoms with E-state index in [-0.39, 0.29) is 10.7 Å². The van der Waals surface area contributed by atoms with Gasteiger partial charge in [-0.1, -0.05) is 42.6 Å². The molecule has 2 unspecified atom stereocenters. The van der Waals surface area contributed by atoms with Crippen molar-refractivity contribution in [2.45, 2.75) is 43.3 Å². The predicted molar refractivity (Wildman–Crippen MR) is 89.9 cm³/mol. The van der Waals surface area contributed by atoms with Crippen molar-refractivity contribution in [3.63, 3.8) is 0 Å². The van der Waals surface area contributed by atoms with Crippen LogP contribution in [0.3, 0.4) is 0 Å². The van der Waals surface area contributed by atoms with Crippen LogP contribution in [0.15, 0.2) is 24.3 Å². The smallest absolute Gasteiger partial charge is 0.221 e. The lowest BCUT2D eigenvalue weighted by atomic mass is 9.73. The standard InChI is InChI=1S/C17H22ClNOS/c18-15-7-2-1-5-13(15)11-14-6-3-4-8-17(14)12-16(20)19-9-10-21-17/h1-2,5,7,14H,3-4,6,8-12H2,(H,19,20). The van der Waals surface area contributed by atoms with Gasteiger partial charge in [-0.05, 0) is 36.8 Å². The number of thioether (sulfide) groups is 1. The Morgan fingerprint density at radius 1 is 1.33 bits per heavy atom. The van der Waals surface area contributed by atoms with Gasteiger partial charge in [-0.3, -0.25) is 4.79 Å². The van der Waals surface area contributed by atoms with Crippen molar-refractivity contribution in [2.75, 3.05) is 12.3 Å². The van der Waals surface area contributed by atoms with Crippen molar-refractivity contribution in [2.24, 2.45) is 5.92 Å². The molecule has 1 saturated heterocycles. The molecule has 1 saturated carbocycles. The molecule has 114 valence electrons. The normalized spacial score (nSPS) is 30.0. The summed E-state index contributed by atoms with van der Waals surface area (Å²) >= 11 is 8.36. The van der Waals surface area contributed by atoms with E-state index in [4.69, 9.17) is 11.6 Å². The van der Waals surface area contributed by atoms with Gasteiger partial charge in [0.25, 0.3) is 0 Å². The van der Waals surface area contributed by atoms with Gasteiger partial charge in [0, 0.05) is 28.5 Å². The summed E-state index contributed by atoms with van der Waals surface area (Å²) in [5.41, 5.74) is 1.23. The summed E-state index contributed by atoms with van der Waals surface area (Å²) in [6, 6.07) is 8.14. The molecule has 2 fully saturated rings. The number of hydrogen-bond acceptors (Lipinski definition) is 2. The lowest BCUT2D eigenvalue weighted by Crippen LogP contribution is -2.41. The highest BCUT2D eigenvalue weighted by Crippen LogP contribution is 2.48. The van der Waals surface area contributed by atoms with Crippen molar-refractivity contribution in [1.29, 1.82) is 0 Å². The first-order valence-electron chi connectivity index (χ1n) is 7.84. The third-order valence-corrected chi connectivity index (χ3v) is 6.88. The molecule has 21 heavy (non-hydrogen) atoms. The van der Waals surface area contributed by atoms with E-state index in [1.807, 2.05) is 23.9 Å². The molecule has 1 aliphatic heterocycles. The molecule has 2 atom stereocenters. The van der Waals surface area contributed by atoms with E-state index in [1.165, 1.54) is 31.2 Å². The zero-order chi connectivity index (χ0) is 14.7. The minimum absolute atomic E-state index is 0.123. The van der Waals surface area contributed by atoms with Gasteiger partial charge in [0.2, 0.25) is 5.91 Å². The van der Waals surface area contributed by atoms with E-state index in [0.717, 1.165) is 23.7 Å². The monoisotopic (exact) mass is 323 g/mol. The van der Waals surface area contributed by atoms with Crippen molar-refractivity contribution in [3.05, 3.63) is 34.9 Å². The Morgan fingerprint density at radius 2 is 2.19 bits per heavy atom. The number of nitrogens with one attached hydrogen (secondary N) is 1. The maximum absolute atomic E-state index is 12.1. The van der Waals surface area contributed by atoms with Crippen LogP contribution in [0.1, 0.15) is 37.7 Å². The SMILES string of the molecule is O=C1CC2(CCCCC2Cc2ccccc2Cl)SCCN1. The van der Waals surface area contributed by atoms with Gasteiger partial charge in [0.1, 0.15) is 0 Å². The van der Waals surface area contributed by atoms with E-state index in [2.05, 4.69) is 17.4 Å². The molecule has 1 aliphatic carbocycles. The fourth-order valence-electron chi connectivity index (χ4n) is 3.75. The summed E-state index contributed by atoms with van der Waals surface area (Å²) in [4.78, 5) is 12.1. The number of carbonyl (C=O) groups is 1. The summed E-state index contributed by atoms with van der Waals surface area (Å²) in [5.74, 6) is 1.82. The Bertz CT molecular complexity index is 521. The Balaban J connectivity index is 1.84. The fourth-order valence-corrected chi connectivity index (χ4v) is 5.53. The third kappa shape index (κ3) is 3.40. The number of hydrogen-bond donors (Lipinski definition) is 1. The quantitative estimate of drug-likeness (QED) is 0.889. The van der Waals surface area contributed by atoms with E-state index in [9.17, 15) is 4.79 Å². The lowest BCUT2D eigenvalue weighted by molar-refractivity contribution is -0.121. The molecule has 1 aromatic rings. The molecule has 1 amide bonds. The minimum atomic E-state index is 0.123. The topological polar surface area (TPSA) is 29.1 Å². The van der Waals surface area contributed by atoms with Crippen LogP contribution >= 0.6 is 23.4 Å². The first-order valence-corrected chi connectivity index (χ1v) is 9.20. The van der Waals surface area contributed by atoms with Crippen molar-refractivity contribution < 1.29 is 4.79 Å². The van der Waals surface area contributed by atoms with Gasteiger partial charge in [-0.25, -0.2) is 0 Å². The van der Waals surface area contributed by atoms with Gasteiger partial charge in [-0.15, -0.1) is 0 Å². The second-order valence-electron chi connectivity index (χ2n) is 6.18. The molecule has 1 aromatic carbocycles. The van der Waals surface area contributed by atoms with E-state index in [0.29, 0.717) is 12.3 Å². The van der Waals surface area contributed by atoms with Crippen LogP contribution in [0, 0.1) is 5.92 Å². The predicted octanol–water partition coefficient (Wildman–Crippen LogP) is 4.06. The number of carbonyl (C=O) groups excluding carboxylic acids is 1. The third-order valence-electron chi connectivity index (χ3n) is 4.84. The van der Waals surface area contributed by atoms with Crippen molar-refractivity contribution >= 4 is 29.3 Å². The van der Waals surface area contributed by atoms with Gasteiger partial charge in [0.15, 0.2) is 0 Å². The summed E-state index contributed by atoms with van der Waals surface area (Å²) in [6.07, 6.45) is 6.58. The summed E-state index contributed by atoms with van der Waals surface area (Å²) in [7, 11) is 0. The van der Waals surface area contributed by atoms with Crippen LogP contribution in [0.25, 0.3) is 0 Å². The maximum Gasteiger partial charge on any atom is 0.221 e. The zero-order valence-electron chi connectivity index (χ0n) is 12.2. The number of halogens is 1. The molecule has 0 aromatic heterocycles. The first-order chi connectivity index (χ1) is 10.2. The van der Waals surface area contributed by atoms with Gasteiger partial charge in [0.05, 0.1) is 0 Å². The van der Waals surface area contributed by atoms with Crippen LogP contribution < -0.4 is 5.32 Å². The van der Waals surface area contributed by atoms with Gasteiger partial charge >= 0.3 is 0 Å². The molecular weight excluding hydrogens is 302 g/mol. The Labute approximate surface area is 136 Å². The van der Waals surface area contributed by atoms with Crippen molar-refractivity contribution in [3.8, 4) is 0 Å². The zero-order valence-corrected chi connectivity index (χ0v) is 13.8. The van der Waals surface area contributed by atoms with Crippen LogP contribution in [-0.4, -0.2) is 23.0 Å². The molecule has 1 heterocycles. The maximum atomic E-state index is 12.1. The molecular formula is C17H22ClNOS. The molecule has 1 spiro atoms. The van der Waals surface area contributed by atoms with E-state index < -0.39 is 0 Å². The van der Waals surface area contributed by atoms with Gasteiger partial charge in [-0.2, -0.15) is 11.8 Å². The highest BCUT2D eigenvalue weighted by atomic mass is 35.5. The van der Waals surface area contributed by atoms with Crippen LogP contribution in [-0.2, 0) is 11.2 Å². The second-order valence-corrected chi connectivity index (χ2v) is 8.10.